The van der Waals surface area contributed by atoms with Gasteiger partial charge in [0.2, 0.25) is 5.91 Å². The van der Waals surface area contributed by atoms with Crippen molar-refractivity contribution in [1.82, 2.24) is 9.99 Å². The van der Waals surface area contributed by atoms with E-state index in [1.807, 2.05) is 5.09 Å². The van der Waals surface area contributed by atoms with Gasteiger partial charge in [-0.3, -0.25) is 4.79 Å². The second-order valence-corrected chi connectivity index (χ2v) is 7.72. The Bertz CT molecular complexity index is 573. The predicted octanol–water partition coefficient (Wildman–Crippen LogP) is -0.690. The summed E-state index contributed by atoms with van der Waals surface area (Å²) < 4.78 is 10.7. The van der Waals surface area contributed by atoms with Crippen LogP contribution in [0.3, 0.4) is 0 Å². The Kier molecular flexibility index (Phi) is 5.00. The molecule has 2 aliphatic heterocycles. The van der Waals surface area contributed by atoms with Crippen LogP contribution in [0, 0.1) is 5.92 Å². The second-order valence-electron chi connectivity index (χ2n) is 5.12. The third-order valence-corrected chi connectivity index (χ3v) is 5.34. The normalized spacial score (nSPS) is 26.0. The molecule has 5 N–H and O–H groups in total. The lowest BCUT2D eigenvalue weighted by molar-refractivity contribution is -0.161. The number of nitrogens with one attached hydrogen (secondary N) is 1. The van der Waals surface area contributed by atoms with Crippen molar-refractivity contribution in [2.24, 2.45) is 5.92 Å². The lowest BCUT2D eigenvalue weighted by Gasteiger charge is -2.44. The Morgan fingerprint density at radius 2 is 2.18 bits per heavy atom. The molecule has 22 heavy (non-hydrogen) atoms. The van der Waals surface area contributed by atoms with Crippen LogP contribution in [-0.2, 0) is 14.2 Å². The van der Waals surface area contributed by atoms with Crippen molar-refractivity contribution in [3.8, 4) is 0 Å². The Hall–Kier alpha value is -0.900. The fourth-order valence-electron chi connectivity index (χ4n) is 2.73. The maximum Gasteiger partial charge on any atom is 0.400 e. The molecule has 124 valence electrons. The van der Waals surface area contributed by atoms with E-state index in [1.54, 1.807) is 0 Å². The van der Waals surface area contributed by atoms with Gasteiger partial charge >= 0.3 is 13.7 Å². The number of aliphatic hydroxyl groups excluding tert-OH is 1. The fraction of sp³-hybridized carbons (Fsp3) is 0.636. The number of hydrogen-bond donors (Lipinski definition) is 5. The highest BCUT2D eigenvalue weighted by atomic mass is 32.2. The van der Waals surface area contributed by atoms with E-state index in [0.717, 1.165) is 11.8 Å². The molecular formula is C11H17N2O7PS. The third kappa shape index (κ3) is 3.37. The maximum absolute atomic E-state index is 12.0. The topological polar surface area (TPSA) is 147 Å². The number of rotatable bonds is 7. The number of hydrogen-bond acceptors (Lipinski definition) is 5. The Morgan fingerprint density at radius 3 is 2.68 bits per heavy atom. The molecule has 1 saturated heterocycles. The van der Waals surface area contributed by atoms with Crippen molar-refractivity contribution in [3.05, 3.63) is 10.6 Å². The number of nitrogens with zero attached hydrogens (tertiary/aromatic N) is 1. The van der Waals surface area contributed by atoms with E-state index in [-0.39, 0.29) is 24.0 Å². The number of amides is 1. The Labute approximate surface area is 130 Å². The van der Waals surface area contributed by atoms with E-state index in [0.29, 0.717) is 11.3 Å². The highest BCUT2D eigenvalue weighted by Gasteiger charge is 2.56. The summed E-state index contributed by atoms with van der Waals surface area (Å²) in [6.07, 6.45) is -0.506. The summed E-state index contributed by atoms with van der Waals surface area (Å²) in [5.74, 6) is -1.96. The van der Waals surface area contributed by atoms with Crippen LogP contribution in [0.4, 0.5) is 0 Å². The summed E-state index contributed by atoms with van der Waals surface area (Å²) in [4.78, 5) is 42.3. The van der Waals surface area contributed by atoms with Crippen molar-refractivity contribution in [3.63, 3.8) is 0 Å². The molecule has 0 unspecified atom stereocenters. The van der Waals surface area contributed by atoms with Crippen molar-refractivity contribution in [2.75, 3.05) is 12.3 Å². The number of carbonyl (C=O) groups is 2. The van der Waals surface area contributed by atoms with E-state index in [2.05, 4.69) is 0 Å². The van der Waals surface area contributed by atoms with Crippen LogP contribution in [0.15, 0.2) is 10.6 Å². The largest absolute Gasteiger partial charge is 0.477 e. The van der Waals surface area contributed by atoms with Gasteiger partial charge in [0.1, 0.15) is 5.70 Å². The van der Waals surface area contributed by atoms with Crippen LogP contribution in [0.2, 0.25) is 0 Å². The van der Waals surface area contributed by atoms with Crippen molar-refractivity contribution < 1.29 is 34.2 Å². The van der Waals surface area contributed by atoms with E-state index < -0.39 is 31.6 Å². The minimum absolute atomic E-state index is 0.00376. The van der Waals surface area contributed by atoms with Crippen LogP contribution >= 0.6 is 19.5 Å². The number of carbonyl (C=O) groups excluding carboxylic acids is 1. The lowest BCUT2D eigenvalue weighted by Crippen LogP contribution is -2.61. The van der Waals surface area contributed by atoms with Gasteiger partial charge in [-0.15, -0.1) is 11.8 Å². The molecule has 0 aromatic carbocycles. The number of aliphatic carboxylic acids is 1. The molecule has 0 aliphatic carbocycles. The molecule has 0 bridgehead atoms. The molecule has 0 spiro atoms. The predicted molar refractivity (Wildman–Crippen MR) is 77.6 cm³/mol. The van der Waals surface area contributed by atoms with Gasteiger partial charge in [0.15, 0.2) is 0 Å². The van der Waals surface area contributed by atoms with Crippen molar-refractivity contribution in [1.29, 1.82) is 0 Å². The molecule has 3 atom stereocenters. The number of aliphatic hydroxyl groups is 1. The summed E-state index contributed by atoms with van der Waals surface area (Å²) in [5, 5.41) is 20.9. The Balaban J connectivity index is 2.03. The number of β-lactam (4-membered cyclic amide) rings is 1. The van der Waals surface area contributed by atoms with Gasteiger partial charge in [-0.25, -0.2) is 14.4 Å². The quantitative estimate of drug-likeness (QED) is 0.228. The van der Waals surface area contributed by atoms with Gasteiger partial charge in [0, 0.05) is 23.6 Å². The van der Waals surface area contributed by atoms with Gasteiger partial charge in [-0.2, -0.15) is 0 Å². The lowest BCUT2D eigenvalue weighted by atomic mass is 9.83. The molecule has 2 rings (SSSR count). The molecule has 0 radical (unpaired) electrons. The average Bonchev–Trinajstić information content (AvgIpc) is 2.67. The maximum atomic E-state index is 12.0. The SMILES string of the molecule is C[C@@H](O)[C@H]1C(=O)N2C(C(=O)O)=C(SCCNP(=O)(O)O)C[C@H]12. The van der Waals surface area contributed by atoms with Gasteiger partial charge in [0.25, 0.3) is 0 Å². The summed E-state index contributed by atoms with van der Waals surface area (Å²) >= 11 is 1.14. The standard InChI is InChI=1S/C11H17N2O7PS/c1-5(14)8-6-4-7(22-3-2-12-21(18,19)20)9(11(16)17)13(6)10(8)15/h5-6,8,14H,2-4H2,1H3,(H,16,17)(H3,12,18,19,20)/t5-,6-,8-/m1/s1. The van der Waals surface area contributed by atoms with Crippen LogP contribution in [0.25, 0.3) is 0 Å². The molecule has 2 aliphatic rings. The van der Waals surface area contributed by atoms with E-state index in [9.17, 15) is 24.4 Å². The first-order valence-electron chi connectivity index (χ1n) is 6.54. The van der Waals surface area contributed by atoms with Crippen LogP contribution in [-0.4, -0.2) is 61.2 Å². The first-order valence-corrected chi connectivity index (χ1v) is 9.14. The molecule has 0 aromatic heterocycles. The second kappa shape index (κ2) is 6.31. The fourth-order valence-corrected chi connectivity index (χ4v) is 4.34. The van der Waals surface area contributed by atoms with Crippen LogP contribution < -0.4 is 5.09 Å². The molecule has 2 heterocycles. The highest BCUT2D eigenvalue weighted by Crippen LogP contribution is 2.46. The summed E-state index contributed by atoms with van der Waals surface area (Å²) in [7, 11) is -4.30. The van der Waals surface area contributed by atoms with E-state index >= 15 is 0 Å². The zero-order valence-corrected chi connectivity index (χ0v) is 13.4. The van der Waals surface area contributed by atoms with Crippen molar-refractivity contribution >= 4 is 31.4 Å². The van der Waals surface area contributed by atoms with E-state index in [4.69, 9.17) is 9.79 Å². The van der Waals surface area contributed by atoms with Gasteiger partial charge in [-0.1, -0.05) is 0 Å². The molecule has 0 saturated carbocycles. The van der Waals surface area contributed by atoms with Crippen LogP contribution in [0.1, 0.15) is 13.3 Å². The van der Waals surface area contributed by atoms with Gasteiger partial charge in [0.05, 0.1) is 18.1 Å². The minimum atomic E-state index is -4.30. The van der Waals surface area contributed by atoms with Gasteiger partial charge < -0.3 is 24.9 Å². The number of fused-ring (bicyclic) bond motifs is 1. The molecular weight excluding hydrogens is 335 g/mol. The van der Waals surface area contributed by atoms with Crippen molar-refractivity contribution in [2.45, 2.75) is 25.5 Å². The molecule has 1 amide bonds. The molecule has 0 aromatic rings. The molecule has 11 heteroatoms. The molecule has 9 nitrogen and oxygen atoms in total. The zero-order chi connectivity index (χ0) is 16.7. The monoisotopic (exact) mass is 352 g/mol. The smallest absolute Gasteiger partial charge is 0.400 e. The number of carboxylic acids is 1. The van der Waals surface area contributed by atoms with E-state index in [1.165, 1.54) is 11.8 Å². The van der Waals surface area contributed by atoms with Gasteiger partial charge in [-0.05, 0) is 6.92 Å². The average molecular weight is 352 g/mol. The number of carboxylic acid groups (broad SMARTS) is 1. The summed E-state index contributed by atoms with van der Waals surface area (Å²) in [6.45, 7) is 1.50. The summed E-state index contributed by atoms with van der Waals surface area (Å²) in [5.41, 5.74) is -0.0897. The zero-order valence-electron chi connectivity index (χ0n) is 11.7. The third-order valence-electron chi connectivity index (χ3n) is 3.59. The van der Waals surface area contributed by atoms with Crippen LogP contribution in [0.5, 0.6) is 0 Å². The first kappa shape index (κ1) is 17.5. The first-order chi connectivity index (χ1) is 10.1. The highest BCUT2D eigenvalue weighted by molar-refractivity contribution is 8.03. The minimum Gasteiger partial charge on any atom is -0.477 e. The number of thioether (sulfide) groups is 1. The Morgan fingerprint density at radius 1 is 1.55 bits per heavy atom. The molecule has 1 fully saturated rings. The summed E-state index contributed by atoms with van der Waals surface area (Å²) in [6, 6.07) is -0.351.